The van der Waals surface area contributed by atoms with Gasteiger partial charge in [0, 0.05) is 41.5 Å². The second-order valence-corrected chi connectivity index (χ2v) is 10.2. The minimum absolute atomic E-state index is 0.564. The maximum atomic E-state index is 12.6. The van der Waals surface area contributed by atoms with E-state index in [9.17, 15) is 33.6 Å². The number of rotatable bonds is 10. The lowest BCUT2D eigenvalue weighted by molar-refractivity contribution is -0.311. The van der Waals surface area contributed by atoms with Gasteiger partial charge in [-0.05, 0) is 0 Å². The van der Waals surface area contributed by atoms with Gasteiger partial charge in [-0.3, -0.25) is 28.8 Å². The molecule has 0 aromatic rings. The van der Waals surface area contributed by atoms with Crippen molar-refractivity contribution in [3.05, 3.63) is 0 Å². The molecule has 2 heterocycles. The summed E-state index contributed by atoms with van der Waals surface area (Å²) in [6.45, 7) is 5.79. The highest BCUT2D eigenvalue weighted by molar-refractivity contribution is 9.09. The van der Waals surface area contributed by atoms with Gasteiger partial charge in [-0.25, -0.2) is 4.79 Å². The number of methoxy groups -OCH3 is 1. The molecule has 2 aliphatic rings. The van der Waals surface area contributed by atoms with Crippen LogP contribution in [0.15, 0.2) is 0 Å². The zero-order valence-electron chi connectivity index (χ0n) is 24.3. The molecule has 0 aliphatic carbocycles. The first-order valence-electron chi connectivity index (χ1n) is 12.7. The number of halogens is 1. The summed E-state index contributed by atoms with van der Waals surface area (Å²) in [6, 6.07) is 0. The zero-order chi connectivity index (χ0) is 32.6. The second-order valence-electron chi connectivity index (χ2n) is 9.25. The number of carbonyl (C=O) groups is 7. The van der Waals surface area contributed by atoms with Crippen LogP contribution in [0.1, 0.15) is 41.5 Å². The minimum Gasteiger partial charge on any atom is -0.467 e. The fourth-order valence-electron chi connectivity index (χ4n) is 4.38. The predicted molar refractivity (Wildman–Crippen MR) is 138 cm³/mol. The average Bonchev–Trinajstić information content (AvgIpc) is 2.87. The summed E-state index contributed by atoms with van der Waals surface area (Å²) >= 11 is 3.21. The highest BCUT2D eigenvalue weighted by Gasteiger charge is 2.56. The first-order chi connectivity index (χ1) is 20.0. The average molecular weight is 685 g/mol. The Morgan fingerprint density at radius 3 is 1.42 bits per heavy atom. The van der Waals surface area contributed by atoms with Crippen molar-refractivity contribution < 1.29 is 80.9 Å². The molecule has 2 fully saturated rings. The fourth-order valence-corrected chi connectivity index (χ4v) is 5.07. The van der Waals surface area contributed by atoms with Gasteiger partial charge in [0.05, 0.1) is 13.7 Å². The van der Waals surface area contributed by atoms with Crippen molar-refractivity contribution in [3.8, 4) is 0 Å². The fraction of sp³-hybridized carbons (Fsp3) is 0.720. The van der Waals surface area contributed by atoms with Crippen molar-refractivity contribution in [1.29, 1.82) is 0 Å². The van der Waals surface area contributed by atoms with E-state index in [4.69, 9.17) is 47.4 Å². The Morgan fingerprint density at radius 2 is 0.953 bits per heavy atom. The third-order valence-electron chi connectivity index (χ3n) is 5.74. The molecule has 0 radical (unpaired) electrons. The third kappa shape index (κ3) is 10.1. The Bertz CT molecular complexity index is 1080. The maximum Gasteiger partial charge on any atom is 0.339 e. The molecule has 17 nitrogen and oxygen atoms in total. The number of hydrogen-bond donors (Lipinski definition) is 0. The molecule has 10 atom stereocenters. The highest BCUT2D eigenvalue weighted by Crippen LogP contribution is 2.34. The highest BCUT2D eigenvalue weighted by atomic mass is 79.9. The van der Waals surface area contributed by atoms with Gasteiger partial charge in [0.1, 0.15) is 6.10 Å². The zero-order valence-corrected chi connectivity index (χ0v) is 25.9. The van der Waals surface area contributed by atoms with Crippen molar-refractivity contribution in [2.75, 3.05) is 13.7 Å². The van der Waals surface area contributed by atoms with Crippen LogP contribution in [0.3, 0.4) is 0 Å². The van der Waals surface area contributed by atoms with Crippen molar-refractivity contribution in [3.63, 3.8) is 0 Å². The quantitative estimate of drug-likeness (QED) is 0.163. The topological polar surface area (TPSA) is 212 Å². The van der Waals surface area contributed by atoms with Crippen LogP contribution in [0, 0.1) is 0 Å². The monoisotopic (exact) mass is 684 g/mol. The van der Waals surface area contributed by atoms with Crippen LogP contribution in [-0.4, -0.2) is 116 Å². The summed E-state index contributed by atoms with van der Waals surface area (Å²) < 4.78 is 53.8. The lowest BCUT2D eigenvalue weighted by Crippen LogP contribution is -2.65. The predicted octanol–water partition coefficient (Wildman–Crippen LogP) is -0.389. The molecule has 0 aromatic heterocycles. The van der Waals surface area contributed by atoms with Gasteiger partial charge in [-0.15, -0.1) is 0 Å². The molecular weight excluding hydrogens is 652 g/mol. The number of esters is 7. The molecular formula is C25H33BrO17. The second kappa shape index (κ2) is 15.9. The standard InChI is InChI=1S/C25H33BrO17/c1-9(27)36-16-15(42-23(26)20(40-13(5)31)17(16)37-10(2)28)8-35-25-22(41-14(6)32)19(39-12(4)30)18(38-11(3)29)21(43-25)24(33)34-7/h15-23,25H,8H2,1-7H3/t15-,16+,17+,18+,19+,20-,21?,22-,23-,25-/m1/s1. The summed E-state index contributed by atoms with van der Waals surface area (Å²) in [6.07, 6.45) is -13.6. The molecule has 2 aliphatic heterocycles. The molecule has 0 saturated carbocycles. The van der Waals surface area contributed by atoms with Crippen LogP contribution in [0.4, 0.5) is 0 Å². The van der Waals surface area contributed by atoms with Crippen LogP contribution < -0.4 is 0 Å². The molecule has 242 valence electrons. The van der Waals surface area contributed by atoms with Crippen LogP contribution in [0.5, 0.6) is 0 Å². The summed E-state index contributed by atoms with van der Waals surface area (Å²) in [7, 11) is 1.02. The number of hydrogen-bond acceptors (Lipinski definition) is 17. The van der Waals surface area contributed by atoms with E-state index in [-0.39, 0.29) is 0 Å². The SMILES string of the molecule is COC(=O)C1O[C@@H](OC[C@H]2O[C@@H](Br)[C@H](OC(C)=O)[C@@H](OC(C)=O)[C@H]2OC(C)=O)[C@H](OC(C)=O)[C@@H](OC(C)=O)[C@@H]1OC(C)=O. The molecule has 0 bridgehead atoms. The molecule has 1 unspecified atom stereocenters. The Hall–Kier alpha value is -3.35. The summed E-state index contributed by atoms with van der Waals surface area (Å²) in [5.74, 6) is -6.08. The van der Waals surface area contributed by atoms with E-state index >= 15 is 0 Å². The first kappa shape index (κ1) is 35.8. The van der Waals surface area contributed by atoms with Crippen molar-refractivity contribution in [2.45, 2.75) is 102 Å². The minimum atomic E-state index is -1.72. The van der Waals surface area contributed by atoms with Gasteiger partial charge < -0.3 is 47.4 Å². The van der Waals surface area contributed by atoms with Gasteiger partial charge in [0.2, 0.25) is 0 Å². The van der Waals surface area contributed by atoms with Gasteiger partial charge in [-0.2, -0.15) is 0 Å². The largest absolute Gasteiger partial charge is 0.467 e. The number of alkyl halides is 1. The van der Waals surface area contributed by atoms with Crippen molar-refractivity contribution in [2.24, 2.45) is 0 Å². The van der Waals surface area contributed by atoms with Gasteiger partial charge in [0.15, 0.2) is 54.0 Å². The lowest BCUT2D eigenvalue weighted by atomic mass is 9.97. The summed E-state index contributed by atoms with van der Waals surface area (Å²) in [4.78, 5) is 84.2. The molecule has 0 amide bonds. The van der Waals surface area contributed by atoms with E-state index in [0.29, 0.717) is 0 Å². The maximum absolute atomic E-state index is 12.6. The van der Waals surface area contributed by atoms with E-state index in [1.807, 2.05) is 0 Å². The molecule has 0 aromatic carbocycles. The molecule has 18 heteroatoms. The Balaban J connectivity index is 2.49. The van der Waals surface area contributed by atoms with Crippen LogP contribution in [0.25, 0.3) is 0 Å². The molecule has 0 N–H and O–H groups in total. The van der Waals surface area contributed by atoms with Crippen molar-refractivity contribution in [1.82, 2.24) is 0 Å². The summed E-state index contributed by atoms with van der Waals surface area (Å²) in [5, 5.41) is -1.11. The molecule has 2 saturated heterocycles. The smallest absolute Gasteiger partial charge is 0.339 e. The Morgan fingerprint density at radius 1 is 0.558 bits per heavy atom. The number of carbonyl (C=O) groups excluding carboxylic acids is 7. The van der Waals surface area contributed by atoms with E-state index in [2.05, 4.69) is 15.9 Å². The van der Waals surface area contributed by atoms with Crippen LogP contribution >= 0.6 is 15.9 Å². The van der Waals surface area contributed by atoms with E-state index in [1.54, 1.807) is 0 Å². The molecule has 43 heavy (non-hydrogen) atoms. The van der Waals surface area contributed by atoms with Gasteiger partial charge >= 0.3 is 41.8 Å². The summed E-state index contributed by atoms with van der Waals surface area (Å²) in [5.41, 5.74) is 0. The van der Waals surface area contributed by atoms with E-state index in [1.165, 1.54) is 0 Å². The molecule has 0 spiro atoms. The first-order valence-corrected chi connectivity index (χ1v) is 13.6. The Kier molecular flexibility index (Phi) is 13.3. The van der Waals surface area contributed by atoms with Gasteiger partial charge in [0.25, 0.3) is 0 Å². The van der Waals surface area contributed by atoms with E-state index in [0.717, 1.165) is 48.7 Å². The van der Waals surface area contributed by atoms with Gasteiger partial charge in [-0.1, -0.05) is 15.9 Å². The van der Waals surface area contributed by atoms with E-state index < -0.39 is 109 Å². The lowest BCUT2D eigenvalue weighted by Gasteiger charge is -2.45. The normalized spacial score (nSPS) is 31.9. The number of ether oxygens (including phenoxy) is 10. The van der Waals surface area contributed by atoms with Crippen molar-refractivity contribution >= 4 is 57.7 Å². The van der Waals surface area contributed by atoms with Crippen LogP contribution in [0.2, 0.25) is 0 Å². The Labute approximate surface area is 254 Å². The molecule has 2 rings (SSSR count). The third-order valence-corrected chi connectivity index (χ3v) is 6.48. The van der Waals surface area contributed by atoms with Crippen LogP contribution in [-0.2, 0) is 80.9 Å².